The van der Waals surface area contributed by atoms with Gasteiger partial charge in [-0.1, -0.05) is 54.2 Å². The van der Waals surface area contributed by atoms with Crippen LogP contribution in [0.25, 0.3) is 10.9 Å². The molecular weight excluding hydrogens is 348 g/mol. The van der Waals surface area contributed by atoms with E-state index in [1.54, 1.807) is 10.6 Å². The van der Waals surface area contributed by atoms with E-state index in [0.29, 0.717) is 16.1 Å². The molecule has 0 saturated carbocycles. The molecule has 134 valence electrons. The standard InChI is InChI=1S/C20H20N2O3S/c1-14(15-8-4-3-5-9-15)26-20-21-17-11-7-6-10-16(17)19(24)22(20)13-12-18(23)25-2/h3-11,14H,12-13H2,1-2H3/t14-/m1/s1. The van der Waals surface area contributed by atoms with Crippen molar-refractivity contribution < 1.29 is 9.53 Å². The number of rotatable bonds is 6. The first-order chi connectivity index (χ1) is 12.6. The zero-order valence-corrected chi connectivity index (χ0v) is 15.5. The van der Waals surface area contributed by atoms with Gasteiger partial charge in [-0.05, 0) is 24.6 Å². The Bertz CT molecular complexity index is 970. The molecule has 0 unspecified atom stereocenters. The minimum atomic E-state index is -0.350. The van der Waals surface area contributed by atoms with E-state index >= 15 is 0 Å². The van der Waals surface area contributed by atoms with Crippen LogP contribution in [-0.2, 0) is 16.1 Å². The van der Waals surface area contributed by atoms with Crippen molar-refractivity contribution in [2.75, 3.05) is 7.11 Å². The van der Waals surface area contributed by atoms with Gasteiger partial charge in [0.05, 0.1) is 24.4 Å². The SMILES string of the molecule is COC(=O)CCn1c(S[C@H](C)c2ccccc2)nc2ccccc2c1=O. The van der Waals surface area contributed by atoms with E-state index in [2.05, 4.69) is 24.0 Å². The highest BCUT2D eigenvalue weighted by atomic mass is 32.2. The Kier molecular flexibility index (Phi) is 5.73. The zero-order chi connectivity index (χ0) is 18.5. The molecule has 3 aromatic rings. The average Bonchev–Trinajstić information content (AvgIpc) is 2.68. The zero-order valence-electron chi connectivity index (χ0n) is 14.7. The monoisotopic (exact) mass is 368 g/mol. The van der Waals surface area contributed by atoms with Crippen LogP contribution in [0.5, 0.6) is 0 Å². The summed E-state index contributed by atoms with van der Waals surface area (Å²) in [6.45, 7) is 2.32. The smallest absolute Gasteiger partial charge is 0.307 e. The summed E-state index contributed by atoms with van der Waals surface area (Å²) in [5, 5.41) is 1.27. The highest BCUT2D eigenvalue weighted by Gasteiger charge is 2.16. The van der Waals surface area contributed by atoms with E-state index in [9.17, 15) is 9.59 Å². The van der Waals surface area contributed by atoms with Gasteiger partial charge in [0.25, 0.3) is 5.56 Å². The van der Waals surface area contributed by atoms with Crippen LogP contribution in [0.1, 0.15) is 24.2 Å². The van der Waals surface area contributed by atoms with E-state index in [4.69, 9.17) is 4.74 Å². The van der Waals surface area contributed by atoms with Gasteiger partial charge in [0, 0.05) is 11.8 Å². The molecule has 0 aliphatic rings. The molecule has 0 fully saturated rings. The summed E-state index contributed by atoms with van der Waals surface area (Å²) in [4.78, 5) is 29.2. The minimum Gasteiger partial charge on any atom is -0.469 e. The minimum absolute atomic E-state index is 0.119. The summed E-state index contributed by atoms with van der Waals surface area (Å²) in [6.07, 6.45) is 0.129. The van der Waals surface area contributed by atoms with Crippen LogP contribution >= 0.6 is 11.8 Å². The van der Waals surface area contributed by atoms with E-state index in [1.165, 1.54) is 18.9 Å². The summed E-state index contributed by atoms with van der Waals surface area (Å²) in [7, 11) is 1.34. The fourth-order valence-corrected chi connectivity index (χ4v) is 3.75. The molecule has 0 spiro atoms. The van der Waals surface area contributed by atoms with Gasteiger partial charge in [-0.25, -0.2) is 4.98 Å². The Morgan fingerprint density at radius 2 is 1.85 bits per heavy atom. The molecule has 1 atom stereocenters. The Balaban J connectivity index is 2.01. The van der Waals surface area contributed by atoms with E-state index in [1.807, 2.05) is 36.4 Å². The summed E-state index contributed by atoms with van der Waals surface area (Å²) in [5.41, 5.74) is 1.68. The quantitative estimate of drug-likeness (QED) is 0.376. The Morgan fingerprint density at radius 3 is 2.58 bits per heavy atom. The number of hydrogen-bond donors (Lipinski definition) is 0. The van der Waals surface area contributed by atoms with Crippen LogP contribution in [0.15, 0.2) is 64.5 Å². The van der Waals surface area contributed by atoms with Crippen molar-refractivity contribution >= 4 is 28.6 Å². The molecule has 0 aliphatic heterocycles. The molecule has 0 bridgehead atoms. The van der Waals surface area contributed by atoms with Crippen molar-refractivity contribution in [3.05, 3.63) is 70.5 Å². The van der Waals surface area contributed by atoms with E-state index in [-0.39, 0.29) is 29.7 Å². The molecule has 0 N–H and O–H groups in total. The molecule has 5 nitrogen and oxygen atoms in total. The molecule has 3 rings (SSSR count). The maximum absolute atomic E-state index is 12.9. The lowest BCUT2D eigenvalue weighted by Gasteiger charge is -2.16. The van der Waals surface area contributed by atoms with Gasteiger partial charge in [-0.2, -0.15) is 0 Å². The lowest BCUT2D eigenvalue weighted by Crippen LogP contribution is -2.25. The average molecular weight is 368 g/mol. The Morgan fingerprint density at radius 1 is 1.15 bits per heavy atom. The van der Waals surface area contributed by atoms with Gasteiger partial charge in [0.1, 0.15) is 0 Å². The predicted octanol–water partition coefficient (Wildman–Crippen LogP) is 3.81. The van der Waals surface area contributed by atoms with Crippen LogP contribution in [0, 0.1) is 0 Å². The molecular formula is C20H20N2O3S. The van der Waals surface area contributed by atoms with E-state index < -0.39 is 0 Å². The van der Waals surface area contributed by atoms with Crippen molar-refractivity contribution in [1.82, 2.24) is 9.55 Å². The topological polar surface area (TPSA) is 61.2 Å². The molecule has 2 aromatic carbocycles. The van der Waals surface area contributed by atoms with Crippen LogP contribution in [0.2, 0.25) is 0 Å². The second-order valence-corrected chi connectivity index (χ2v) is 7.17. The first-order valence-corrected chi connectivity index (χ1v) is 9.26. The normalized spacial score (nSPS) is 12.1. The molecule has 6 heteroatoms. The van der Waals surface area contributed by atoms with Gasteiger partial charge >= 0.3 is 5.97 Å². The van der Waals surface area contributed by atoms with Gasteiger partial charge in [-0.15, -0.1) is 0 Å². The number of carbonyl (C=O) groups is 1. The van der Waals surface area contributed by atoms with Crippen molar-refractivity contribution in [3.8, 4) is 0 Å². The maximum atomic E-state index is 12.9. The number of esters is 1. The number of thioether (sulfide) groups is 1. The van der Waals surface area contributed by atoms with Crippen LogP contribution in [0.3, 0.4) is 0 Å². The first-order valence-electron chi connectivity index (χ1n) is 8.38. The highest BCUT2D eigenvalue weighted by Crippen LogP contribution is 2.33. The molecule has 26 heavy (non-hydrogen) atoms. The van der Waals surface area contributed by atoms with Crippen molar-refractivity contribution in [3.63, 3.8) is 0 Å². The van der Waals surface area contributed by atoms with Crippen molar-refractivity contribution in [2.24, 2.45) is 0 Å². The van der Waals surface area contributed by atoms with Gasteiger partial charge in [0.15, 0.2) is 5.16 Å². The van der Waals surface area contributed by atoms with Crippen molar-refractivity contribution in [2.45, 2.75) is 30.3 Å². The second kappa shape index (κ2) is 8.19. The molecule has 0 saturated heterocycles. The third-order valence-electron chi connectivity index (χ3n) is 4.14. The molecule has 1 heterocycles. The number of aromatic nitrogens is 2. The predicted molar refractivity (Wildman–Crippen MR) is 103 cm³/mol. The third-order valence-corrected chi connectivity index (χ3v) is 5.29. The highest BCUT2D eigenvalue weighted by molar-refractivity contribution is 7.99. The lowest BCUT2D eigenvalue weighted by atomic mass is 10.2. The van der Waals surface area contributed by atoms with Crippen LogP contribution in [0.4, 0.5) is 0 Å². The first kappa shape index (κ1) is 18.2. The third kappa shape index (κ3) is 3.96. The lowest BCUT2D eigenvalue weighted by molar-refractivity contribution is -0.140. The van der Waals surface area contributed by atoms with Gasteiger partial charge < -0.3 is 4.74 Å². The number of ether oxygens (including phenoxy) is 1. The second-order valence-electron chi connectivity index (χ2n) is 5.87. The number of carbonyl (C=O) groups excluding carboxylic acids is 1. The largest absolute Gasteiger partial charge is 0.469 e. The Hall–Kier alpha value is -2.60. The summed E-state index contributed by atoms with van der Waals surface area (Å²) in [6, 6.07) is 17.3. The Labute approximate surface area is 156 Å². The number of hydrogen-bond acceptors (Lipinski definition) is 5. The fourth-order valence-electron chi connectivity index (χ4n) is 2.69. The maximum Gasteiger partial charge on any atom is 0.307 e. The fraction of sp³-hybridized carbons (Fsp3) is 0.250. The number of para-hydroxylation sites is 1. The van der Waals surface area contributed by atoms with Gasteiger partial charge in [-0.3, -0.25) is 14.2 Å². The molecule has 0 radical (unpaired) electrons. The van der Waals surface area contributed by atoms with Gasteiger partial charge in [0.2, 0.25) is 0 Å². The van der Waals surface area contributed by atoms with Crippen LogP contribution < -0.4 is 5.56 Å². The van der Waals surface area contributed by atoms with E-state index in [0.717, 1.165) is 5.56 Å². The number of fused-ring (bicyclic) bond motifs is 1. The molecule has 0 aliphatic carbocycles. The summed E-state index contributed by atoms with van der Waals surface area (Å²) in [5.74, 6) is -0.350. The molecule has 0 amide bonds. The summed E-state index contributed by atoms with van der Waals surface area (Å²) < 4.78 is 6.28. The summed E-state index contributed by atoms with van der Waals surface area (Å²) >= 11 is 1.51. The van der Waals surface area contributed by atoms with Crippen molar-refractivity contribution in [1.29, 1.82) is 0 Å². The number of nitrogens with zero attached hydrogens (tertiary/aromatic N) is 2. The molecule has 1 aromatic heterocycles. The number of benzene rings is 2. The van der Waals surface area contributed by atoms with Crippen LogP contribution in [-0.4, -0.2) is 22.6 Å². The number of methoxy groups -OCH3 is 1.